The maximum Gasteiger partial charge on any atom is 0.191 e. The van der Waals surface area contributed by atoms with Gasteiger partial charge in [-0.05, 0) is 50.0 Å². The second-order valence-electron chi connectivity index (χ2n) is 7.09. The van der Waals surface area contributed by atoms with Crippen molar-refractivity contribution in [2.24, 2.45) is 16.8 Å². The Labute approximate surface area is 174 Å². The molecule has 0 bridgehead atoms. The number of hydrogen-bond donors (Lipinski definition) is 2. The Kier molecular flexibility index (Phi) is 9.53. The fourth-order valence-corrected chi connectivity index (χ4v) is 2.60. The maximum absolute atomic E-state index is 5.96. The van der Waals surface area contributed by atoms with Crippen molar-refractivity contribution < 1.29 is 9.47 Å². The van der Waals surface area contributed by atoms with Gasteiger partial charge < -0.3 is 20.1 Å². The second kappa shape index (κ2) is 11.6. The Morgan fingerprint density at radius 2 is 1.81 bits per heavy atom. The zero-order valence-corrected chi connectivity index (χ0v) is 18.0. The zero-order chi connectivity index (χ0) is 17.3. The van der Waals surface area contributed by atoms with Crippen LogP contribution >= 0.6 is 24.0 Å². The van der Waals surface area contributed by atoms with Crippen molar-refractivity contribution in [3.05, 3.63) is 29.8 Å². The van der Waals surface area contributed by atoms with Crippen LogP contribution in [0.1, 0.15) is 37.7 Å². The third-order valence-corrected chi connectivity index (χ3v) is 4.62. The van der Waals surface area contributed by atoms with Crippen LogP contribution in [0.3, 0.4) is 0 Å². The standard InChI is InChI=1S/C20H31N3O2.HI/c1-21-20(22-11-4-12-24-14-16-7-8-16)23-13-18-5-2-3-6-19(18)25-15-17-9-10-17;/h2-3,5-6,16-17H,4,7-15H2,1H3,(H2,21,22,23);1H. The molecule has 0 aromatic heterocycles. The summed E-state index contributed by atoms with van der Waals surface area (Å²) in [5.74, 6) is 3.40. The van der Waals surface area contributed by atoms with Gasteiger partial charge >= 0.3 is 0 Å². The fraction of sp³-hybridized carbons (Fsp3) is 0.650. The molecule has 6 heteroatoms. The van der Waals surface area contributed by atoms with E-state index in [1.807, 2.05) is 18.2 Å². The van der Waals surface area contributed by atoms with E-state index in [9.17, 15) is 0 Å². The van der Waals surface area contributed by atoms with Crippen LogP contribution in [0.2, 0.25) is 0 Å². The van der Waals surface area contributed by atoms with E-state index in [0.29, 0.717) is 6.54 Å². The number of guanidine groups is 1. The molecule has 1 aromatic carbocycles. The summed E-state index contributed by atoms with van der Waals surface area (Å²) in [4.78, 5) is 4.29. The van der Waals surface area contributed by atoms with E-state index in [4.69, 9.17) is 9.47 Å². The van der Waals surface area contributed by atoms with Crippen LogP contribution in [0.25, 0.3) is 0 Å². The lowest BCUT2D eigenvalue weighted by atomic mass is 10.2. The van der Waals surface area contributed by atoms with Gasteiger partial charge in [0.1, 0.15) is 5.75 Å². The lowest BCUT2D eigenvalue weighted by Gasteiger charge is -2.15. The van der Waals surface area contributed by atoms with Gasteiger partial charge in [-0.2, -0.15) is 0 Å². The number of para-hydroxylation sites is 1. The van der Waals surface area contributed by atoms with Crippen molar-refractivity contribution >= 4 is 29.9 Å². The van der Waals surface area contributed by atoms with Crippen molar-refractivity contribution in [1.82, 2.24) is 10.6 Å². The van der Waals surface area contributed by atoms with Gasteiger partial charge in [0, 0.05) is 38.9 Å². The fourth-order valence-electron chi connectivity index (χ4n) is 2.60. The van der Waals surface area contributed by atoms with Crippen LogP contribution in [0.15, 0.2) is 29.3 Å². The summed E-state index contributed by atoms with van der Waals surface area (Å²) >= 11 is 0. The summed E-state index contributed by atoms with van der Waals surface area (Å²) < 4.78 is 11.6. The van der Waals surface area contributed by atoms with Crippen LogP contribution in [-0.2, 0) is 11.3 Å². The van der Waals surface area contributed by atoms with Gasteiger partial charge in [-0.15, -0.1) is 24.0 Å². The number of aliphatic imine (C=N–C) groups is 1. The van der Waals surface area contributed by atoms with E-state index >= 15 is 0 Å². The number of halogens is 1. The zero-order valence-electron chi connectivity index (χ0n) is 15.7. The number of benzene rings is 1. The Morgan fingerprint density at radius 1 is 1.08 bits per heavy atom. The molecule has 2 N–H and O–H groups in total. The first-order chi connectivity index (χ1) is 12.3. The molecule has 2 fully saturated rings. The molecule has 0 spiro atoms. The van der Waals surface area contributed by atoms with E-state index < -0.39 is 0 Å². The van der Waals surface area contributed by atoms with E-state index in [2.05, 4.69) is 21.7 Å². The molecule has 146 valence electrons. The molecular formula is C20H32IN3O2. The molecule has 0 unspecified atom stereocenters. The quantitative estimate of drug-likeness (QED) is 0.223. The smallest absolute Gasteiger partial charge is 0.191 e. The molecule has 2 aliphatic carbocycles. The maximum atomic E-state index is 5.96. The number of ether oxygens (including phenoxy) is 2. The van der Waals surface area contributed by atoms with Crippen LogP contribution in [-0.4, -0.2) is 39.4 Å². The van der Waals surface area contributed by atoms with Crippen molar-refractivity contribution in [3.63, 3.8) is 0 Å². The van der Waals surface area contributed by atoms with Crippen LogP contribution < -0.4 is 15.4 Å². The van der Waals surface area contributed by atoms with Crippen molar-refractivity contribution in [2.75, 3.05) is 33.4 Å². The van der Waals surface area contributed by atoms with Gasteiger partial charge in [-0.3, -0.25) is 4.99 Å². The minimum atomic E-state index is 0. The minimum Gasteiger partial charge on any atom is -0.493 e. The normalized spacial score (nSPS) is 16.7. The third kappa shape index (κ3) is 8.12. The first-order valence-corrected chi connectivity index (χ1v) is 9.58. The Hall–Kier alpha value is -1.02. The highest BCUT2D eigenvalue weighted by molar-refractivity contribution is 14.0. The lowest BCUT2D eigenvalue weighted by Crippen LogP contribution is -2.37. The highest BCUT2D eigenvalue weighted by Crippen LogP contribution is 2.30. The van der Waals surface area contributed by atoms with Gasteiger partial charge in [-0.1, -0.05) is 18.2 Å². The Balaban J connectivity index is 0.00000243. The van der Waals surface area contributed by atoms with E-state index in [0.717, 1.165) is 56.3 Å². The molecule has 0 aliphatic heterocycles. The molecule has 5 nitrogen and oxygen atoms in total. The summed E-state index contributed by atoms with van der Waals surface area (Å²) in [6.45, 7) is 4.16. The molecule has 2 aliphatic rings. The number of hydrogen-bond acceptors (Lipinski definition) is 3. The molecule has 0 radical (unpaired) electrons. The molecule has 2 saturated carbocycles. The highest BCUT2D eigenvalue weighted by Gasteiger charge is 2.22. The van der Waals surface area contributed by atoms with Crippen molar-refractivity contribution in [3.8, 4) is 5.75 Å². The Bertz CT molecular complexity index is 560. The summed E-state index contributed by atoms with van der Waals surface area (Å²) in [6, 6.07) is 8.23. The summed E-state index contributed by atoms with van der Waals surface area (Å²) in [5, 5.41) is 6.71. The van der Waals surface area contributed by atoms with Crippen LogP contribution in [0.5, 0.6) is 5.75 Å². The SMILES string of the molecule is CN=C(NCCCOCC1CC1)NCc1ccccc1OCC1CC1.I. The van der Waals surface area contributed by atoms with Crippen LogP contribution in [0.4, 0.5) is 0 Å². The third-order valence-electron chi connectivity index (χ3n) is 4.62. The van der Waals surface area contributed by atoms with Gasteiger partial charge in [0.25, 0.3) is 0 Å². The molecule has 0 amide bonds. The van der Waals surface area contributed by atoms with E-state index in [-0.39, 0.29) is 24.0 Å². The van der Waals surface area contributed by atoms with Gasteiger partial charge in [0.05, 0.1) is 6.61 Å². The largest absolute Gasteiger partial charge is 0.493 e. The first-order valence-electron chi connectivity index (χ1n) is 9.58. The first kappa shape index (κ1) is 21.3. The molecule has 0 saturated heterocycles. The average Bonchev–Trinajstić information content (AvgIpc) is 3.54. The van der Waals surface area contributed by atoms with Gasteiger partial charge in [0.2, 0.25) is 0 Å². The summed E-state index contributed by atoms with van der Waals surface area (Å²) in [5.41, 5.74) is 1.17. The second-order valence-corrected chi connectivity index (χ2v) is 7.09. The highest BCUT2D eigenvalue weighted by atomic mass is 127. The number of nitrogens with one attached hydrogen (secondary N) is 2. The minimum absolute atomic E-state index is 0. The number of rotatable bonds is 11. The predicted molar refractivity (Wildman–Crippen MR) is 116 cm³/mol. The summed E-state index contributed by atoms with van der Waals surface area (Å²) in [6.07, 6.45) is 6.30. The summed E-state index contributed by atoms with van der Waals surface area (Å²) in [7, 11) is 1.80. The Morgan fingerprint density at radius 3 is 2.54 bits per heavy atom. The van der Waals surface area contributed by atoms with Crippen molar-refractivity contribution in [1.29, 1.82) is 0 Å². The molecule has 1 aromatic rings. The average molecular weight is 473 g/mol. The monoisotopic (exact) mass is 473 g/mol. The van der Waals surface area contributed by atoms with Crippen molar-refractivity contribution in [2.45, 2.75) is 38.6 Å². The van der Waals surface area contributed by atoms with E-state index in [1.54, 1.807) is 7.05 Å². The number of nitrogens with zero attached hydrogens (tertiary/aromatic N) is 1. The molecule has 3 rings (SSSR count). The van der Waals surface area contributed by atoms with Crippen LogP contribution in [0, 0.1) is 11.8 Å². The van der Waals surface area contributed by atoms with E-state index in [1.165, 1.54) is 31.2 Å². The van der Waals surface area contributed by atoms with Gasteiger partial charge in [0.15, 0.2) is 5.96 Å². The predicted octanol–water partition coefficient (Wildman–Crippen LogP) is 3.58. The lowest BCUT2D eigenvalue weighted by molar-refractivity contribution is 0.123. The molecule has 26 heavy (non-hydrogen) atoms. The molecular weight excluding hydrogens is 441 g/mol. The topological polar surface area (TPSA) is 54.9 Å². The molecule has 0 heterocycles. The van der Waals surface area contributed by atoms with Gasteiger partial charge in [-0.25, -0.2) is 0 Å². The molecule has 0 atom stereocenters.